The van der Waals surface area contributed by atoms with Gasteiger partial charge in [-0.25, -0.2) is 21.6 Å². The molecule has 7 nitrogen and oxygen atoms in total. The first-order valence-corrected chi connectivity index (χ1v) is 11.9. The number of benzene rings is 3. The molecule has 1 amide bonds. The van der Waals surface area contributed by atoms with Crippen LogP contribution in [-0.2, 0) is 20.0 Å². The van der Waals surface area contributed by atoms with Crippen molar-refractivity contribution >= 4 is 31.6 Å². The van der Waals surface area contributed by atoms with Crippen LogP contribution in [0, 0.1) is 13.8 Å². The molecule has 0 aliphatic carbocycles. The van der Waals surface area contributed by atoms with Gasteiger partial charge >= 0.3 is 0 Å². The molecule has 9 heteroatoms. The Hall–Kier alpha value is -3.17. The van der Waals surface area contributed by atoms with Gasteiger partial charge in [0.25, 0.3) is 26.0 Å². The first-order chi connectivity index (χ1) is 14.1. The average molecular weight is 445 g/mol. The van der Waals surface area contributed by atoms with Crippen LogP contribution >= 0.6 is 0 Å². The molecule has 0 saturated heterocycles. The second-order valence-corrected chi connectivity index (χ2v) is 10.0. The molecular formula is C21H20N2O5S2. The lowest BCUT2D eigenvalue weighted by Crippen LogP contribution is -2.30. The molecule has 3 aromatic carbocycles. The van der Waals surface area contributed by atoms with E-state index in [9.17, 15) is 21.6 Å². The van der Waals surface area contributed by atoms with E-state index in [0.29, 0.717) is 0 Å². The van der Waals surface area contributed by atoms with Gasteiger partial charge < -0.3 is 0 Å². The second-order valence-electron chi connectivity index (χ2n) is 6.68. The Bertz CT molecular complexity index is 1280. The zero-order valence-electron chi connectivity index (χ0n) is 16.3. The third kappa shape index (κ3) is 4.87. The summed E-state index contributed by atoms with van der Waals surface area (Å²) in [5.41, 5.74) is 2.22. The second kappa shape index (κ2) is 8.29. The normalized spacial score (nSPS) is 11.7. The SMILES string of the molecule is Cc1ccc(S(=O)(=O)Nc2ccc(S(=O)(=O)NC(=O)c3ccccc3)cc2)cc1C. The Morgan fingerprint density at radius 3 is 1.90 bits per heavy atom. The number of anilines is 1. The van der Waals surface area contributed by atoms with Gasteiger partial charge in [0.15, 0.2) is 0 Å². The van der Waals surface area contributed by atoms with Crippen LogP contribution in [0.5, 0.6) is 0 Å². The zero-order valence-corrected chi connectivity index (χ0v) is 17.9. The van der Waals surface area contributed by atoms with E-state index in [1.165, 1.54) is 42.5 Å². The van der Waals surface area contributed by atoms with Gasteiger partial charge in [-0.15, -0.1) is 0 Å². The smallest absolute Gasteiger partial charge is 0.264 e. The zero-order chi connectivity index (χ0) is 21.9. The van der Waals surface area contributed by atoms with Gasteiger partial charge in [-0.2, -0.15) is 0 Å². The van der Waals surface area contributed by atoms with E-state index in [1.54, 1.807) is 30.3 Å². The van der Waals surface area contributed by atoms with Crippen LogP contribution in [0.2, 0.25) is 0 Å². The van der Waals surface area contributed by atoms with Crippen molar-refractivity contribution in [3.63, 3.8) is 0 Å². The molecule has 3 rings (SSSR count). The van der Waals surface area contributed by atoms with Crippen molar-refractivity contribution < 1.29 is 21.6 Å². The minimum atomic E-state index is -4.11. The molecular weight excluding hydrogens is 424 g/mol. The largest absolute Gasteiger partial charge is 0.280 e. The summed E-state index contributed by atoms with van der Waals surface area (Å²) >= 11 is 0. The van der Waals surface area contributed by atoms with Gasteiger partial charge in [0.2, 0.25) is 0 Å². The maximum atomic E-state index is 12.6. The van der Waals surface area contributed by atoms with Crippen molar-refractivity contribution in [1.29, 1.82) is 0 Å². The number of sulfonamides is 2. The predicted octanol–water partition coefficient (Wildman–Crippen LogP) is 3.22. The van der Waals surface area contributed by atoms with Gasteiger partial charge in [-0.3, -0.25) is 9.52 Å². The number of aryl methyl sites for hydroxylation is 2. The molecule has 0 aliphatic heterocycles. The van der Waals surface area contributed by atoms with E-state index in [1.807, 2.05) is 18.6 Å². The summed E-state index contributed by atoms with van der Waals surface area (Å²) in [6.07, 6.45) is 0. The van der Waals surface area contributed by atoms with Crippen LogP contribution in [0.25, 0.3) is 0 Å². The Kier molecular flexibility index (Phi) is 5.95. The Morgan fingerprint density at radius 1 is 0.700 bits per heavy atom. The van der Waals surface area contributed by atoms with Crippen molar-refractivity contribution in [1.82, 2.24) is 4.72 Å². The van der Waals surface area contributed by atoms with Crippen LogP contribution < -0.4 is 9.44 Å². The van der Waals surface area contributed by atoms with Crippen molar-refractivity contribution in [3.05, 3.63) is 89.5 Å². The first kappa shape index (κ1) is 21.5. The minimum Gasteiger partial charge on any atom is -0.280 e. The van der Waals surface area contributed by atoms with Crippen LogP contribution in [0.4, 0.5) is 5.69 Å². The van der Waals surface area contributed by atoms with Crippen molar-refractivity contribution in [2.24, 2.45) is 0 Å². The topological polar surface area (TPSA) is 109 Å². The molecule has 0 radical (unpaired) electrons. The fourth-order valence-corrected chi connectivity index (χ4v) is 4.74. The summed E-state index contributed by atoms with van der Waals surface area (Å²) in [4.78, 5) is 12.1. The molecule has 0 spiro atoms. The molecule has 0 aliphatic rings. The summed E-state index contributed by atoms with van der Waals surface area (Å²) in [7, 11) is -7.93. The van der Waals surface area contributed by atoms with Crippen molar-refractivity contribution in [2.45, 2.75) is 23.6 Å². The number of rotatable bonds is 6. The molecule has 0 bridgehead atoms. The van der Waals surface area contributed by atoms with E-state index in [4.69, 9.17) is 0 Å². The van der Waals surface area contributed by atoms with Gasteiger partial charge in [0.05, 0.1) is 9.79 Å². The van der Waals surface area contributed by atoms with E-state index >= 15 is 0 Å². The predicted molar refractivity (Wildman–Crippen MR) is 114 cm³/mol. The number of hydrogen-bond acceptors (Lipinski definition) is 5. The minimum absolute atomic E-state index is 0.109. The summed E-state index contributed by atoms with van der Waals surface area (Å²) in [5, 5.41) is 0. The maximum Gasteiger partial charge on any atom is 0.264 e. The Balaban J connectivity index is 1.77. The first-order valence-electron chi connectivity index (χ1n) is 8.91. The molecule has 0 aromatic heterocycles. The molecule has 0 unspecified atom stereocenters. The van der Waals surface area contributed by atoms with Gasteiger partial charge in [-0.05, 0) is 73.5 Å². The number of nitrogens with one attached hydrogen (secondary N) is 2. The number of amides is 1. The van der Waals surface area contributed by atoms with Gasteiger partial charge in [-0.1, -0.05) is 24.3 Å². The lowest BCUT2D eigenvalue weighted by atomic mass is 10.1. The highest BCUT2D eigenvalue weighted by Gasteiger charge is 2.20. The molecule has 156 valence electrons. The highest BCUT2D eigenvalue weighted by Crippen LogP contribution is 2.20. The summed E-state index contributed by atoms with van der Waals surface area (Å²) in [5.74, 6) is -0.755. The van der Waals surface area contributed by atoms with Crippen LogP contribution in [-0.4, -0.2) is 22.7 Å². The fourth-order valence-electron chi connectivity index (χ4n) is 2.63. The Morgan fingerprint density at radius 2 is 1.30 bits per heavy atom. The summed E-state index contributed by atoms with van der Waals surface area (Å²) in [6, 6.07) is 17.8. The molecule has 0 atom stereocenters. The highest BCUT2D eigenvalue weighted by molar-refractivity contribution is 7.92. The molecule has 0 saturated carbocycles. The molecule has 0 fully saturated rings. The summed E-state index contributed by atoms with van der Waals surface area (Å²) < 4.78 is 54.4. The monoisotopic (exact) mass is 444 g/mol. The fraction of sp³-hybridized carbons (Fsp3) is 0.0952. The highest BCUT2D eigenvalue weighted by atomic mass is 32.2. The van der Waals surface area contributed by atoms with E-state index < -0.39 is 26.0 Å². The number of hydrogen-bond donors (Lipinski definition) is 2. The lowest BCUT2D eigenvalue weighted by molar-refractivity contribution is 0.0981. The molecule has 0 heterocycles. The molecule has 3 aromatic rings. The third-order valence-electron chi connectivity index (χ3n) is 4.47. The van der Waals surface area contributed by atoms with E-state index in [0.717, 1.165) is 11.1 Å². The number of carbonyl (C=O) groups is 1. The third-order valence-corrected chi connectivity index (χ3v) is 7.19. The average Bonchev–Trinajstić information content (AvgIpc) is 2.70. The maximum absolute atomic E-state index is 12.6. The van der Waals surface area contributed by atoms with E-state index in [-0.39, 0.29) is 21.0 Å². The molecule has 2 N–H and O–H groups in total. The van der Waals surface area contributed by atoms with Crippen LogP contribution in [0.1, 0.15) is 21.5 Å². The van der Waals surface area contributed by atoms with Gasteiger partial charge in [0, 0.05) is 11.3 Å². The van der Waals surface area contributed by atoms with Gasteiger partial charge in [0.1, 0.15) is 0 Å². The van der Waals surface area contributed by atoms with Crippen LogP contribution in [0.15, 0.2) is 82.6 Å². The summed E-state index contributed by atoms with van der Waals surface area (Å²) in [6.45, 7) is 3.70. The molecule has 30 heavy (non-hydrogen) atoms. The number of carbonyl (C=O) groups excluding carboxylic acids is 1. The lowest BCUT2D eigenvalue weighted by Gasteiger charge is -2.11. The standard InChI is InChI=1S/C21H20N2O5S2/c1-15-8-11-20(14-16(15)2)30(27,28)22-18-9-12-19(13-10-18)29(25,26)23-21(24)17-6-4-3-5-7-17/h3-14,22H,1-2H3,(H,23,24). The van der Waals surface area contributed by atoms with E-state index in [2.05, 4.69) is 4.72 Å². The quantitative estimate of drug-likeness (QED) is 0.607. The Labute approximate surface area is 175 Å². The van der Waals surface area contributed by atoms with Crippen molar-refractivity contribution in [2.75, 3.05) is 4.72 Å². The van der Waals surface area contributed by atoms with Crippen LogP contribution in [0.3, 0.4) is 0 Å². The van der Waals surface area contributed by atoms with Crippen molar-refractivity contribution in [3.8, 4) is 0 Å².